The van der Waals surface area contributed by atoms with Crippen LogP contribution in [-0.2, 0) is 4.74 Å². The van der Waals surface area contributed by atoms with Crippen LogP contribution in [-0.4, -0.2) is 36.3 Å². The van der Waals surface area contributed by atoms with Gasteiger partial charge < -0.3 is 10.1 Å². The van der Waals surface area contributed by atoms with Crippen molar-refractivity contribution in [1.82, 2.24) is 5.32 Å². The summed E-state index contributed by atoms with van der Waals surface area (Å²) in [5.41, 5.74) is -0.0109. The fourth-order valence-electron chi connectivity index (χ4n) is 1.17. The molecule has 0 spiro atoms. The molecule has 92 valence electrons. The summed E-state index contributed by atoms with van der Waals surface area (Å²) in [5.74, 6) is 2.48. The van der Waals surface area contributed by atoms with Gasteiger partial charge in [-0.25, -0.2) is 0 Å². The fraction of sp³-hybridized carbons (Fsp3) is 1.00. The zero-order chi connectivity index (χ0) is 11.7. The molecule has 1 N–H and O–H groups in total. The van der Waals surface area contributed by atoms with Gasteiger partial charge in [0.25, 0.3) is 0 Å². The Labute approximate surface area is 99.5 Å². The largest absolute Gasteiger partial charge is 0.375 e. The van der Waals surface area contributed by atoms with Crippen LogP contribution in [0.4, 0.5) is 0 Å². The molecular formula is C12H27NOS. The van der Waals surface area contributed by atoms with E-state index >= 15 is 0 Å². The Hall–Kier alpha value is 0.270. The Kier molecular flexibility index (Phi) is 8.58. The highest BCUT2D eigenvalue weighted by atomic mass is 32.2. The van der Waals surface area contributed by atoms with Crippen molar-refractivity contribution in [3.05, 3.63) is 0 Å². The van der Waals surface area contributed by atoms with Crippen molar-refractivity contribution in [2.45, 2.75) is 52.7 Å². The SMILES string of the molecule is CCSCCC(C)NCCOC(C)(C)C. The Morgan fingerprint density at radius 1 is 1.33 bits per heavy atom. The summed E-state index contributed by atoms with van der Waals surface area (Å²) >= 11 is 2.01. The molecule has 0 rings (SSSR count). The number of nitrogens with one attached hydrogen (secondary N) is 1. The quantitative estimate of drug-likeness (QED) is 0.651. The lowest BCUT2D eigenvalue weighted by atomic mass is 10.2. The first-order valence-corrected chi connectivity index (χ1v) is 7.06. The van der Waals surface area contributed by atoms with Crippen LogP contribution in [0.2, 0.25) is 0 Å². The van der Waals surface area contributed by atoms with Gasteiger partial charge in [0.1, 0.15) is 0 Å². The van der Waals surface area contributed by atoms with E-state index in [1.165, 1.54) is 17.9 Å². The van der Waals surface area contributed by atoms with Crippen molar-refractivity contribution in [2.24, 2.45) is 0 Å². The minimum Gasteiger partial charge on any atom is -0.375 e. The Morgan fingerprint density at radius 3 is 2.53 bits per heavy atom. The lowest BCUT2D eigenvalue weighted by Crippen LogP contribution is -2.32. The molecule has 0 aliphatic rings. The van der Waals surface area contributed by atoms with Crippen LogP contribution < -0.4 is 5.32 Å². The fourth-order valence-corrected chi connectivity index (χ4v) is 1.98. The molecule has 0 aromatic rings. The molecule has 3 heteroatoms. The Bertz CT molecular complexity index is 145. The first kappa shape index (κ1) is 15.3. The first-order chi connectivity index (χ1) is 6.95. The summed E-state index contributed by atoms with van der Waals surface area (Å²) in [6.07, 6.45) is 1.24. The monoisotopic (exact) mass is 233 g/mol. The van der Waals surface area contributed by atoms with Crippen molar-refractivity contribution >= 4 is 11.8 Å². The van der Waals surface area contributed by atoms with Crippen LogP contribution in [0.5, 0.6) is 0 Å². The van der Waals surface area contributed by atoms with E-state index in [4.69, 9.17) is 4.74 Å². The predicted octanol–water partition coefficient (Wildman–Crippen LogP) is 2.92. The Balaban J connectivity index is 3.27. The third-order valence-electron chi connectivity index (χ3n) is 2.03. The molecule has 0 aliphatic heterocycles. The van der Waals surface area contributed by atoms with Gasteiger partial charge in [0.15, 0.2) is 0 Å². The van der Waals surface area contributed by atoms with E-state index in [1.807, 2.05) is 11.8 Å². The molecule has 0 aliphatic carbocycles. The number of thioether (sulfide) groups is 1. The third-order valence-corrected chi connectivity index (χ3v) is 2.96. The van der Waals surface area contributed by atoms with E-state index in [-0.39, 0.29) is 5.60 Å². The van der Waals surface area contributed by atoms with Crippen molar-refractivity contribution in [3.63, 3.8) is 0 Å². The minimum absolute atomic E-state index is 0.0109. The third kappa shape index (κ3) is 12.2. The van der Waals surface area contributed by atoms with E-state index < -0.39 is 0 Å². The van der Waals surface area contributed by atoms with Gasteiger partial charge in [-0.1, -0.05) is 6.92 Å². The van der Waals surface area contributed by atoms with Gasteiger partial charge >= 0.3 is 0 Å². The zero-order valence-electron chi connectivity index (χ0n) is 10.9. The summed E-state index contributed by atoms with van der Waals surface area (Å²) < 4.78 is 5.64. The van der Waals surface area contributed by atoms with Gasteiger partial charge in [0.2, 0.25) is 0 Å². The second kappa shape index (κ2) is 8.43. The molecular weight excluding hydrogens is 206 g/mol. The van der Waals surface area contributed by atoms with E-state index in [0.29, 0.717) is 6.04 Å². The normalized spacial score (nSPS) is 14.2. The van der Waals surface area contributed by atoms with Gasteiger partial charge in [0, 0.05) is 12.6 Å². The topological polar surface area (TPSA) is 21.3 Å². The van der Waals surface area contributed by atoms with Gasteiger partial charge in [-0.15, -0.1) is 0 Å². The molecule has 1 atom stereocenters. The molecule has 0 amide bonds. The Morgan fingerprint density at radius 2 is 2.00 bits per heavy atom. The highest BCUT2D eigenvalue weighted by Crippen LogP contribution is 2.06. The van der Waals surface area contributed by atoms with Gasteiger partial charge in [-0.2, -0.15) is 11.8 Å². The van der Waals surface area contributed by atoms with Crippen LogP contribution in [0.15, 0.2) is 0 Å². The summed E-state index contributed by atoms with van der Waals surface area (Å²) in [6, 6.07) is 0.604. The van der Waals surface area contributed by atoms with Gasteiger partial charge in [-0.05, 0) is 45.6 Å². The molecule has 2 nitrogen and oxygen atoms in total. The van der Waals surface area contributed by atoms with E-state index in [9.17, 15) is 0 Å². The summed E-state index contributed by atoms with van der Waals surface area (Å²) in [7, 11) is 0. The van der Waals surface area contributed by atoms with Crippen LogP contribution in [0.1, 0.15) is 41.0 Å². The summed E-state index contributed by atoms with van der Waals surface area (Å²) in [6.45, 7) is 12.5. The van der Waals surface area contributed by atoms with E-state index in [1.54, 1.807) is 0 Å². The predicted molar refractivity (Wildman–Crippen MR) is 70.8 cm³/mol. The van der Waals surface area contributed by atoms with Crippen molar-refractivity contribution in [3.8, 4) is 0 Å². The lowest BCUT2D eigenvalue weighted by Gasteiger charge is -2.20. The maximum atomic E-state index is 5.64. The smallest absolute Gasteiger partial charge is 0.0599 e. The number of hydrogen-bond donors (Lipinski definition) is 1. The standard InChI is InChI=1S/C12H27NOS/c1-6-15-10-7-11(2)13-8-9-14-12(3,4)5/h11,13H,6-10H2,1-5H3. The molecule has 1 unspecified atom stereocenters. The number of ether oxygens (including phenoxy) is 1. The first-order valence-electron chi connectivity index (χ1n) is 5.91. The van der Waals surface area contributed by atoms with Crippen molar-refractivity contribution in [1.29, 1.82) is 0 Å². The summed E-state index contributed by atoms with van der Waals surface area (Å²) in [4.78, 5) is 0. The molecule has 0 saturated carbocycles. The van der Waals surface area contributed by atoms with Gasteiger partial charge in [0.05, 0.1) is 12.2 Å². The average molecular weight is 233 g/mol. The van der Waals surface area contributed by atoms with Crippen LogP contribution in [0, 0.1) is 0 Å². The maximum absolute atomic E-state index is 5.64. The average Bonchev–Trinajstić information content (AvgIpc) is 2.11. The number of rotatable bonds is 8. The van der Waals surface area contributed by atoms with E-state index in [2.05, 4.69) is 39.9 Å². The van der Waals surface area contributed by atoms with Crippen molar-refractivity contribution < 1.29 is 4.74 Å². The van der Waals surface area contributed by atoms with Crippen molar-refractivity contribution in [2.75, 3.05) is 24.7 Å². The zero-order valence-corrected chi connectivity index (χ0v) is 11.7. The van der Waals surface area contributed by atoms with E-state index in [0.717, 1.165) is 13.2 Å². The van der Waals surface area contributed by atoms with Gasteiger partial charge in [-0.3, -0.25) is 0 Å². The summed E-state index contributed by atoms with van der Waals surface area (Å²) in [5, 5.41) is 3.48. The van der Waals surface area contributed by atoms with Crippen LogP contribution >= 0.6 is 11.8 Å². The highest BCUT2D eigenvalue weighted by molar-refractivity contribution is 7.99. The molecule has 0 aromatic heterocycles. The minimum atomic E-state index is -0.0109. The lowest BCUT2D eigenvalue weighted by molar-refractivity contribution is -0.00149. The molecule has 0 saturated heterocycles. The molecule has 0 heterocycles. The molecule has 0 aromatic carbocycles. The molecule has 0 bridgehead atoms. The molecule has 15 heavy (non-hydrogen) atoms. The second-order valence-electron chi connectivity index (χ2n) is 4.80. The van der Waals surface area contributed by atoms with Crippen LogP contribution in [0.3, 0.4) is 0 Å². The maximum Gasteiger partial charge on any atom is 0.0599 e. The highest BCUT2D eigenvalue weighted by Gasteiger charge is 2.09. The molecule has 0 fully saturated rings. The molecule has 0 radical (unpaired) electrons. The van der Waals surface area contributed by atoms with Crippen LogP contribution in [0.25, 0.3) is 0 Å². The second-order valence-corrected chi connectivity index (χ2v) is 6.20. The number of hydrogen-bond acceptors (Lipinski definition) is 3.